The largest absolute Gasteiger partial charge is 0.354 e. The quantitative estimate of drug-likeness (QED) is 0.844. The average molecular weight is 262 g/mol. The van der Waals surface area contributed by atoms with Gasteiger partial charge in [0, 0.05) is 25.6 Å². The molecule has 0 aliphatic carbocycles. The summed E-state index contributed by atoms with van der Waals surface area (Å²) in [6, 6.07) is 2.16. The molecule has 0 saturated carbocycles. The Bertz CT molecular complexity index is 582. The molecule has 5 nitrogen and oxygen atoms in total. The molecular weight excluding hydrogens is 248 g/mol. The molecule has 1 unspecified atom stereocenters. The van der Waals surface area contributed by atoms with Gasteiger partial charge in [0.15, 0.2) is 0 Å². The monoisotopic (exact) mass is 262 g/mol. The van der Waals surface area contributed by atoms with Crippen molar-refractivity contribution in [2.45, 2.75) is 19.4 Å². The lowest BCUT2D eigenvalue weighted by Gasteiger charge is -2.27. The predicted molar refractivity (Wildman–Crippen MR) is 71.8 cm³/mol. The number of amides is 1. The van der Waals surface area contributed by atoms with Crippen LogP contribution in [-0.2, 0) is 4.79 Å². The minimum absolute atomic E-state index is 0.112. The summed E-state index contributed by atoms with van der Waals surface area (Å²) in [5.74, 6) is 1.06. The molecule has 1 N–H and O–H groups in total. The number of hydrogen-bond acceptors (Lipinski definition) is 5. The molecule has 3 heterocycles. The number of anilines is 1. The first-order valence-corrected chi connectivity index (χ1v) is 6.85. The van der Waals surface area contributed by atoms with Gasteiger partial charge in [-0.3, -0.25) is 4.79 Å². The number of carbonyl (C=O) groups excluding carboxylic acids is 1. The van der Waals surface area contributed by atoms with Crippen molar-refractivity contribution in [2.75, 3.05) is 18.0 Å². The summed E-state index contributed by atoms with van der Waals surface area (Å²) in [5.41, 5.74) is 0.973. The van der Waals surface area contributed by atoms with Crippen molar-refractivity contribution in [3.05, 3.63) is 17.8 Å². The lowest BCUT2D eigenvalue weighted by molar-refractivity contribution is -0.120. The first kappa shape index (κ1) is 11.4. The van der Waals surface area contributed by atoms with Gasteiger partial charge in [-0.25, -0.2) is 9.97 Å². The Morgan fingerprint density at radius 1 is 1.50 bits per heavy atom. The number of carbonyl (C=O) groups is 1. The zero-order valence-electron chi connectivity index (χ0n) is 10.1. The van der Waals surface area contributed by atoms with E-state index in [9.17, 15) is 4.79 Å². The Kier molecular flexibility index (Phi) is 2.87. The molecule has 0 aromatic carbocycles. The summed E-state index contributed by atoms with van der Waals surface area (Å²) in [6.07, 6.45) is 2.11. The van der Waals surface area contributed by atoms with Crippen LogP contribution in [0.5, 0.6) is 0 Å². The number of aromatic nitrogens is 2. The van der Waals surface area contributed by atoms with Crippen LogP contribution in [0.3, 0.4) is 0 Å². The molecule has 0 spiro atoms. The zero-order valence-corrected chi connectivity index (χ0v) is 10.9. The standard InChI is InChI=1S/C12H14N4OS/c1-8-6-10(17)13-3-4-16(8)12-11-9(2-5-18-11)14-7-15-12/h2,5,7-8H,3-4,6H2,1H3,(H,13,17). The Hall–Kier alpha value is -1.69. The molecule has 94 valence electrons. The van der Waals surface area contributed by atoms with Gasteiger partial charge in [-0.2, -0.15) is 0 Å². The molecule has 1 atom stereocenters. The number of rotatable bonds is 1. The van der Waals surface area contributed by atoms with Crippen molar-refractivity contribution in [2.24, 2.45) is 0 Å². The second kappa shape index (κ2) is 4.53. The maximum Gasteiger partial charge on any atom is 0.222 e. The minimum atomic E-state index is 0.112. The van der Waals surface area contributed by atoms with Gasteiger partial charge in [-0.1, -0.05) is 0 Å². The van der Waals surface area contributed by atoms with E-state index in [4.69, 9.17) is 0 Å². The summed E-state index contributed by atoms with van der Waals surface area (Å²) in [6.45, 7) is 3.52. The average Bonchev–Trinajstić information content (AvgIpc) is 2.76. The van der Waals surface area contributed by atoms with Gasteiger partial charge in [0.05, 0.1) is 10.2 Å². The minimum Gasteiger partial charge on any atom is -0.354 e. The second-order valence-corrected chi connectivity index (χ2v) is 5.34. The predicted octanol–water partition coefficient (Wildman–Crippen LogP) is 1.41. The Morgan fingerprint density at radius 3 is 3.28 bits per heavy atom. The molecular formula is C12H14N4OS. The zero-order chi connectivity index (χ0) is 12.5. The highest BCUT2D eigenvalue weighted by Crippen LogP contribution is 2.29. The third-order valence-electron chi connectivity index (χ3n) is 3.18. The lowest BCUT2D eigenvalue weighted by atomic mass is 10.2. The van der Waals surface area contributed by atoms with Crippen molar-refractivity contribution >= 4 is 33.3 Å². The van der Waals surface area contributed by atoms with E-state index < -0.39 is 0 Å². The number of fused-ring (bicyclic) bond motifs is 1. The Labute approximate surface area is 109 Å². The Morgan fingerprint density at radius 2 is 2.39 bits per heavy atom. The van der Waals surface area contributed by atoms with E-state index in [2.05, 4.69) is 27.1 Å². The van der Waals surface area contributed by atoms with E-state index in [1.807, 2.05) is 11.4 Å². The van der Waals surface area contributed by atoms with E-state index in [0.29, 0.717) is 13.0 Å². The van der Waals surface area contributed by atoms with E-state index in [0.717, 1.165) is 22.6 Å². The molecule has 3 rings (SSSR count). The van der Waals surface area contributed by atoms with Gasteiger partial charge in [0.25, 0.3) is 0 Å². The second-order valence-electron chi connectivity index (χ2n) is 4.43. The van der Waals surface area contributed by atoms with Crippen molar-refractivity contribution < 1.29 is 4.79 Å². The number of hydrogen-bond donors (Lipinski definition) is 1. The topological polar surface area (TPSA) is 58.1 Å². The molecule has 1 saturated heterocycles. The summed E-state index contributed by atoms with van der Waals surface area (Å²) in [5, 5.41) is 4.92. The van der Waals surface area contributed by atoms with Gasteiger partial charge in [-0.05, 0) is 18.4 Å². The maximum absolute atomic E-state index is 11.5. The maximum atomic E-state index is 11.5. The molecule has 0 bridgehead atoms. The first-order valence-electron chi connectivity index (χ1n) is 5.97. The van der Waals surface area contributed by atoms with Gasteiger partial charge < -0.3 is 10.2 Å². The van der Waals surface area contributed by atoms with Crippen LogP contribution in [0.2, 0.25) is 0 Å². The van der Waals surface area contributed by atoms with E-state index in [-0.39, 0.29) is 11.9 Å². The van der Waals surface area contributed by atoms with Crippen molar-refractivity contribution in [1.82, 2.24) is 15.3 Å². The normalized spacial score (nSPS) is 20.8. The first-order chi connectivity index (χ1) is 8.75. The van der Waals surface area contributed by atoms with Crippen LogP contribution in [0, 0.1) is 0 Å². The third-order valence-corrected chi connectivity index (χ3v) is 4.08. The van der Waals surface area contributed by atoms with Crippen LogP contribution < -0.4 is 10.2 Å². The molecule has 1 amide bonds. The van der Waals surface area contributed by atoms with Crippen LogP contribution in [0.25, 0.3) is 10.2 Å². The molecule has 2 aromatic rings. The third kappa shape index (κ3) is 1.92. The van der Waals surface area contributed by atoms with Gasteiger partial charge >= 0.3 is 0 Å². The van der Waals surface area contributed by atoms with Crippen LogP contribution in [0.4, 0.5) is 5.82 Å². The van der Waals surface area contributed by atoms with Crippen molar-refractivity contribution in [1.29, 1.82) is 0 Å². The van der Waals surface area contributed by atoms with Crippen LogP contribution >= 0.6 is 11.3 Å². The molecule has 6 heteroatoms. The summed E-state index contributed by atoms with van der Waals surface area (Å²) in [7, 11) is 0. The lowest BCUT2D eigenvalue weighted by Crippen LogP contribution is -2.35. The van der Waals surface area contributed by atoms with E-state index in [1.54, 1.807) is 17.7 Å². The number of nitrogens with one attached hydrogen (secondary N) is 1. The van der Waals surface area contributed by atoms with Crippen molar-refractivity contribution in [3.63, 3.8) is 0 Å². The molecule has 0 radical (unpaired) electrons. The molecule has 1 fully saturated rings. The van der Waals surface area contributed by atoms with Crippen molar-refractivity contribution in [3.8, 4) is 0 Å². The molecule has 18 heavy (non-hydrogen) atoms. The molecule has 2 aromatic heterocycles. The summed E-state index contributed by atoms with van der Waals surface area (Å²) in [4.78, 5) is 22.4. The Balaban J connectivity index is 2.02. The highest BCUT2D eigenvalue weighted by Gasteiger charge is 2.23. The van der Waals surface area contributed by atoms with Crippen LogP contribution in [0.1, 0.15) is 13.3 Å². The van der Waals surface area contributed by atoms with E-state index in [1.165, 1.54) is 0 Å². The van der Waals surface area contributed by atoms with Gasteiger partial charge in [0.2, 0.25) is 5.91 Å². The molecule has 1 aliphatic heterocycles. The van der Waals surface area contributed by atoms with Crippen LogP contribution in [0.15, 0.2) is 17.8 Å². The van der Waals surface area contributed by atoms with E-state index >= 15 is 0 Å². The highest BCUT2D eigenvalue weighted by atomic mass is 32.1. The summed E-state index contributed by atoms with van der Waals surface area (Å²) >= 11 is 1.65. The SMILES string of the molecule is CC1CC(=O)NCCN1c1ncnc2ccsc12. The number of nitrogens with zero attached hydrogens (tertiary/aromatic N) is 3. The fraction of sp³-hybridized carbons (Fsp3) is 0.417. The smallest absolute Gasteiger partial charge is 0.222 e. The van der Waals surface area contributed by atoms with Gasteiger partial charge in [0.1, 0.15) is 12.1 Å². The number of thiophene rings is 1. The fourth-order valence-electron chi connectivity index (χ4n) is 2.28. The van der Waals surface area contributed by atoms with Gasteiger partial charge in [-0.15, -0.1) is 11.3 Å². The molecule has 1 aliphatic rings. The highest BCUT2D eigenvalue weighted by molar-refractivity contribution is 7.17. The summed E-state index contributed by atoms with van der Waals surface area (Å²) < 4.78 is 1.10. The fourth-order valence-corrected chi connectivity index (χ4v) is 3.13. The van der Waals surface area contributed by atoms with Crippen LogP contribution in [-0.4, -0.2) is 35.0 Å².